The molecule has 0 heterocycles. The lowest BCUT2D eigenvalue weighted by Crippen LogP contribution is -2.00. The van der Waals surface area contributed by atoms with Crippen molar-refractivity contribution in [2.24, 2.45) is 5.41 Å². The summed E-state index contributed by atoms with van der Waals surface area (Å²) in [6, 6.07) is 0. The van der Waals surface area contributed by atoms with Crippen LogP contribution in [0.4, 0.5) is 0 Å². The molecule has 58 valence electrons. The van der Waals surface area contributed by atoms with E-state index in [0.717, 1.165) is 0 Å². The lowest BCUT2D eigenvalue weighted by Gasteiger charge is -2.16. The minimum atomic E-state index is 0.261. The van der Waals surface area contributed by atoms with Gasteiger partial charge in [0.2, 0.25) is 0 Å². The largest absolute Gasteiger partial charge is 0.0748 e. The third-order valence-electron chi connectivity index (χ3n) is 2.50. The quantitative estimate of drug-likeness (QED) is 0.492. The van der Waals surface area contributed by atoms with Gasteiger partial charge in [-0.2, -0.15) is 0 Å². The van der Waals surface area contributed by atoms with Crippen LogP contribution in [0, 0.1) is 5.41 Å². The van der Waals surface area contributed by atoms with E-state index in [1.807, 2.05) is 0 Å². The van der Waals surface area contributed by atoms with Crippen molar-refractivity contribution >= 4 is 0 Å². The molecule has 0 aromatic heterocycles. The van der Waals surface area contributed by atoms with Gasteiger partial charge in [-0.1, -0.05) is 38.2 Å². The van der Waals surface area contributed by atoms with E-state index in [4.69, 9.17) is 0 Å². The fraction of sp³-hybridized carbons (Fsp3) is 0.455. The molecule has 2 aliphatic carbocycles. The van der Waals surface area contributed by atoms with Crippen LogP contribution in [0.1, 0.15) is 26.7 Å². The molecule has 0 unspecified atom stereocenters. The second-order valence-corrected chi connectivity index (χ2v) is 4.04. The summed E-state index contributed by atoms with van der Waals surface area (Å²) >= 11 is 0. The fourth-order valence-electron chi connectivity index (χ4n) is 1.48. The molecular formula is C11H14. The molecule has 11 heavy (non-hydrogen) atoms. The Balaban J connectivity index is 2.35. The normalized spacial score (nSPS) is 26.0. The molecule has 0 bridgehead atoms. The Hall–Kier alpha value is -0.780. The predicted molar refractivity (Wildman–Crippen MR) is 48.3 cm³/mol. The van der Waals surface area contributed by atoms with Crippen molar-refractivity contribution in [3.05, 3.63) is 35.5 Å². The zero-order chi connectivity index (χ0) is 7.90. The number of allylic oxidation sites excluding steroid dienone is 6. The maximum atomic E-state index is 2.30. The van der Waals surface area contributed by atoms with Gasteiger partial charge >= 0.3 is 0 Å². The van der Waals surface area contributed by atoms with Crippen LogP contribution in [0.5, 0.6) is 0 Å². The Morgan fingerprint density at radius 3 is 1.82 bits per heavy atom. The van der Waals surface area contributed by atoms with E-state index in [-0.39, 0.29) is 5.41 Å². The Labute approximate surface area is 68.3 Å². The van der Waals surface area contributed by atoms with Gasteiger partial charge in [-0.25, -0.2) is 0 Å². The molecule has 0 aliphatic heterocycles. The molecule has 0 radical (unpaired) electrons. The van der Waals surface area contributed by atoms with Gasteiger partial charge in [-0.15, -0.1) is 0 Å². The molecule has 2 rings (SSSR count). The van der Waals surface area contributed by atoms with E-state index < -0.39 is 0 Å². The van der Waals surface area contributed by atoms with Gasteiger partial charge in [0.1, 0.15) is 0 Å². The van der Waals surface area contributed by atoms with E-state index in [1.54, 1.807) is 11.1 Å². The third-order valence-corrected chi connectivity index (χ3v) is 2.50. The average Bonchev–Trinajstić information content (AvgIpc) is 1.91. The molecule has 0 N–H and O–H groups in total. The minimum absolute atomic E-state index is 0.261. The summed E-state index contributed by atoms with van der Waals surface area (Å²) in [5.41, 5.74) is 3.36. The Morgan fingerprint density at radius 2 is 1.45 bits per heavy atom. The monoisotopic (exact) mass is 146 g/mol. The van der Waals surface area contributed by atoms with Crippen molar-refractivity contribution in [2.45, 2.75) is 26.7 Å². The first-order valence-electron chi connectivity index (χ1n) is 4.28. The van der Waals surface area contributed by atoms with Crippen LogP contribution in [0.25, 0.3) is 0 Å². The molecule has 0 fully saturated rings. The molecule has 0 saturated heterocycles. The van der Waals surface area contributed by atoms with Crippen LogP contribution < -0.4 is 0 Å². The summed E-state index contributed by atoms with van der Waals surface area (Å²) in [5.74, 6) is 0. The standard InChI is InChI=1S/C11H14/c1-11(2)7-5-9-3-4-10(9)6-8-11/h5-8H,3-4H2,1-2H3. The van der Waals surface area contributed by atoms with Crippen LogP contribution in [0.15, 0.2) is 35.5 Å². The fourth-order valence-corrected chi connectivity index (χ4v) is 1.48. The molecule has 2 aliphatic rings. The minimum Gasteiger partial charge on any atom is -0.0748 e. The maximum absolute atomic E-state index is 2.30. The maximum Gasteiger partial charge on any atom is 0.00108 e. The lowest BCUT2D eigenvalue weighted by atomic mass is 9.89. The number of hydrogen-bond acceptors (Lipinski definition) is 0. The second-order valence-electron chi connectivity index (χ2n) is 4.04. The van der Waals surface area contributed by atoms with Crippen LogP contribution in [0.2, 0.25) is 0 Å². The Bertz CT molecular complexity index is 236. The molecule has 0 spiro atoms. The Morgan fingerprint density at radius 1 is 1.00 bits per heavy atom. The van der Waals surface area contributed by atoms with E-state index in [0.29, 0.717) is 0 Å². The van der Waals surface area contributed by atoms with Crippen LogP contribution in [-0.4, -0.2) is 0 Å². The van der Waals surface area contributed by atoms with Gasteiger partial charge < -0.3 is 0 Å². The second kappa shape index (κ2) is 2.10. The highest BCUT2D eigenvalue weighted by Gasteiger charge is 2.18. The molecule has 0 atom stereocenters. The van der Waals surface area contributed by atoms with Crippen molar-refractivity contribution in [1.29, 1.82) is 0 Å². The summed E-state index contributed by atoms with van der Waals surface area (Å²) in [4.78, 5) is 0. The lowest BCUT2D eigenvalue weighted by molar-refractivity contribution is 0.627. The van der Waals surface area contributed by atoms with Crippen molar-refractivity contribution < 1.29 is 0 Å². The van der Waals surface area contributed by atoms with E-state index in [1.165, 1.54) is 12.8 Å². The molecule has 0 saturated carbocycles. The van der Waals surface area contributed by atoms with E-state index in [2.05, 4.69) is 38.2 Å². The van der Waals surface area contributed by atoms with Crippen LogP contribution >= 0.6 is 0 Å². The molecular weight excluding hydrogens is 132 g/mol. The summed E-state index contributed by atoms with van der Waals surface area (Å²) < 4.78 is 0. The van der Waals surface area contributed by atoms with Gasteiger partial charge in [0.25, 0.3) is 0 Å². The van der Waals surface area contributed by atoms with Gasteiger partial charge in [0.15, 0.2) is 0 Å². The smallest absolute Gasteiger partial charge is 0.00108 e. The highest BCUT2D eigenvalue weighted by Crippen LogP contribution is 2.35. The van der Waals surface area contributed by atoms with Gasteiger partial charge in [0, 0.05) is 5.41 Å². The molecule has 0 heteroatoms. The zero-order valence-electron chi connectivity index (χ0n) is 7.22. The summed E-state index contributed by atoms with van der Waals surface area (Å²) in [6.07, 6.45) is 11.7. The summed E-state index contributed by atoms with van der Waals surface area (Å²) in [5, 5.41) is 0. The van der Waals surface area contributed by atoms with Gasteiger partial charge in [-0.3, -0.25) is 0 Å². The van der Waals surface area contributed by atoms with Crippen molar-refractivity contribution in [3.8, 4) is 0 Å². The average molecular weight is 146 g/mol. The topological polar surface area (TPSA) is 0 Å². The summed E-state index contributed by atoms with van der Waals surface area (Å²) in [6.45, 7) is 4.48. The first-order chi connectivity index (χ1) is 5.17. The van der Waals surface area contributed by atoms with Crippen molar-refractivity contribution in [1.82, 2.24) is 0 Å². The number of rotatable bonds is 0. The molecule has 0 aromatic rings. The molecule has 0 aromatic carbocycles. The zero-order valence-corrected chi connectivity index (χ0v) is 7.22. The predicted octanol–water partition coefficient (Wildman–Crippen LogP) is 3.23. The number of hydrogen-bond donors (Lipinski definition) is 0. The first kappa shape index (κ1) is 6.90. The highest BCUT2D eigenvalue weighted by molar-refractivity contribution is 5.44. The van der Waals surface area contributed by atoms with Crippen molar-refractivity contribution in [2.75, 3.05) is 0 Å². The molecule has 0 amide bonds. The highest BCUT2D eigenvalue weighted by atomic mass is 14.2. The van der Waals surface area contributed by atoms with Crippen LogP contribution in [0.3, 0.4) is 0 Å². The first-order valence-corrected chi connectivity index (χ1v) is 4.28. The van der Waals surface area contributed by atoms with E-state index in [9.17, 15) is 0 Å². The SMILES string of the molecule is CC1(C)C=CC2=C(C=C1)CC2. The summed E-state index contributed by atoms with van der Waals surface area (Å²) in [7, 11) is 0. The van der Waals surface area contributed by atoms with Crippen molar-refractivity contribution in [3.63, 3.8) is 0 Å². The van der Waals surface area contributed by atoms with Crippen LogP contribution in [-0.2, 0) is 0 Å². The third kappa shape index (κ3) is 1.18. The van der Waals surface area contributed by atoms with Gasteiger partial charge in [0.05, 0.1) is 0 Å². The van der Waals surface area contributed by atoms with E-state index >= 15 is 0 Å². The Kier molecular flexibility index (Phi) is 1.32. The van der Waals surface area contributed by atoms with Gasteiger partial charge in [-0.05, 0) is 24.0 Å². The molecule has 0 nitrogen and oxygen atoms in total.